The average molecular weight is 289 g/mol. The van der Waals surface area contributed by atoms with E-state index in [4.69, 9.17) is 4.74 Å². The van der Waals surface area contributed by atoms with Crippen molar-refractivity contribution in [3.05, 3.63) is 47.4 Å². The van der Waals surface area contributed by atoms with Gasteiger partial charge in [-0.3, -0.25) is 0 Å². The lowest BCUT2D eigenvalue weighted by Crippen LogP contribution is -2.03. The lowest BCUT2D eigenvalue weighted by molar-refractivity contribution is 0.181. The largest absolute Gasteiger partial charge is 0.378 e. The van der Waals surface area contributed by atoms with Gasteiger partial charge >= 0.3 is 0 Å². The summed E-state index contributed by atoms with van der Waals surface area (Å²) in [5.74, 6) is 2.39. The number of rotatable bonds is 6. The molecule has 0 saturated heterocycles. The van der Waals surface area contributed by atoms with Crippen LogP contribution in [0.5, 0.6) is 0 Å². The van der Waals surface area contributed by atoms with Gasteiger partial charge in [0.25, 0.3) is 0 Å². The fourth-order valence-electron chi connectivity index (χ4n) is 1.83. The Morgan fingerprint density at radius 1 is 1.25 bits per heavy atom. The number of benzene rings is 1. The molecule has 1 heterocycles. The maximum Gasteiger partial charge on any atom is 0.141 e. The normalized spacial score (nSPS) is 10.6. The summed E-state index contributed by atoms with van der Waals surface area (Å²) in [6, 6.07) is 10.2. The number of thioether (sulfide) groups is 1. The van der Waals surface area contributed by atoms with E-state index >= 15 is 0 Å². The summed E-state index contributed by atoms with van der Waals surface area (Å²) in [5, 5.41) is 3.06. The number of aromatic nitrogens is 2. The van der Waals surface area contributed by atoms with Crippen molar-refractivity contribution in [3.63, 3.8) is 0 Å². The number of ether oxygens (including phenoxy) is 1. The van der Waals surface area contributed by atoms with Gasteiger partial charge in [0, 0.05) is 25.1 Å². The summed E-state index contributed by atoms with van der Waals surface area (Å²) in [6.07, 6.45) is 0. The van der Waals surface area contributed by atoms with Crippen molar-refractivity contribution in [2.75, 3.05) is 19.5 Å². The number of anilines is 1. The summed E-state index contributed by atoms with van der Waals surface area (Å²) in [7, 11) is 3.53. The second-order valence-corrected chi connectivity index (χ2v) is 5.42. The monoisotopic (exact) mass is 289 g/mol. The Hall–Kier alpha value is -1.59. The van der Waals surface area contributed by atoms with Crippen LogP contribution in [0.2, 0.25) is 0 Å². The van der Waals surface area contributed by atoms with Crippen molar-refractivity contribution in [3.8, 4) is 0 Å². The standard InChI is InChI=1S/C15H19N3OS/c1-11-6-4-5-7-13(11)20-10-15-17-12(9-19-3)8-14(16-2)18-15/h4-8H,9-10H2,1-3H3,(H,16,17,18). The third-order valence-corrected chi connectivity index (χ3v) is 4.00. The molecule has 5 heteroatoms. The molecule has 0 bridgehead atoms. The van der Waals surface area contributed by atoms with Gasteiger partial charge in [0.15, 0.2) is 0 Å². The third kappa shape index (κ3) is 3.95. The van der Waals surface area contributed by atoms with Crippen molar-refractivity contribution >= 4 is 17.6 Å². The summed E-state index contributed by atoms with van der Waals surface area (Å²) in [5.41, 5.74) is 2.17. The molecule has 2 aromatic rings. The van der Waals surface area contributed by atoms with Crippen molar-refractivity contribution in [2.24, 2.45) is 0 Å². The molecule has 1 N–H and O–H groups in total. The van der Waals surface area contributed by atoms with Gasteiger partial charge < -0.3 is 10.1 Å². The Labute approximate surface area is 124 Å². The summed E-state index contributed by atoms with van der Waals surface area (Å²) >= 11 is 1.75. The highest BCUT2D eigenvalue weighted by molar-refractivity contribution is 7.98. The van der Waals surface area contributed by atoms with E-state index in [0.29, 0.717) is 6.61 Å². The maximum absolute atomic E-state index is 5.14. The molecule has 1 aromatic heterocycles. The van der Waals surface area contributed by atoms with Gasteiger partial charge in [-0.25, -0.2) is 9.97 Å². The van der Waals surface area contributed by atoms with Gasteiger partial charge in [-0.05, 0) is 18.6 Å². The molecule has 0 amide bonds. The zero-order valence-electron chi connectivity index (χ0n) is 12.0. The summed E-state index contributed by atoms with van der Waals surface area (Å²) < 4.78 is 5.14. The molecule has 2 rings (SSSR count). The Balaban J connectivity index is 2.12. The molecule has 0 atom stereocenters. The molecule has 0 spiro atoms. The van der Waals surface area contributed by atoms with Crippen LogP contribution in [0.3, 0.4) is 0 Å². The van der Waals surface area contributed by atoms with Crippen LogP contribution in [0.25, 0.3) is 0 Å². The van der Waals surface area contributed by atoms with E-state index in [1.807, 2.05) is 19.2 Å². The molecule has 0 aliphatic rings. The molecule has 20 heavy (non-hydrogen) atoms. The number of nitrogens with one attached hydrogen (secondary N) is 1. The fraction of sp³-hybridized carbons (Fsp3) is 0.333. The predicted molar refractivity (Wildman–Crippen MR) is 83.0 cm³/mol. The Morgan fingerprint density at radius 2 is 2.05 bits per heavy atom. The van der Waals surface area contributed by atoms with E-state index in [1.165, 1.54) is 10.5 Å². The fourth-order valence-corrected chi connectivity index (χ4v) is 2.71. The lowest BCUT2D eigenvalue weighted by atomic mass is 10.2. The topological polar surface area (TPSA) is 47.0 Å². The second kappa shape index (κ2) is 7.26. The van der Waals surface area contributed by atoms with Gasteiger partial charge in [0.2, 0.25) is 0 Å². The van der Waals surface area contributed by atoms with Gasteiger partial charge in [0.05, 0.1) is 18.1 Å². The molecule has 0 radical (unpaired) electrons. The van der Waals surface area contributed by atoms with Crippen molar-refractivity contribution in [1.82, 2.24) is 9.97 Å². The predicted octanol–water partition coefficient (Wildman–Crippen LogP) is 3.27. The number of nitrogens with zero attached hydrogens (tertiary/aromatic N) is 2. The molecule has 106 valence electrons. The van der Waals surface area contributed by atoms with Crippen LogP contribution in [0, 0.1) is 6.92 Å². The summed E-state index contributed by atoms with van der Waals surface area (Å²) in [4.78, 5) is 10.3. The number of hydrogen-bond acceptors (Lipinski definition) is 5. The van der Waals surface area contributed by atoms with E-state index in [9.17, 15) is 0 Å². The van der Waals surface area contributed by atoms with Crippen LogP contribution in [-0.2, 0) is 17.1 Å². The molecule has 0 saturated carbocycles. The third-order valence-electron chi connectivity index (χ3n) is 2.82. The number of aryl methyl sites for hydroxylation is 1. The van der Waals surface area contributed by atoms with Gasteiger partial charge in [0.1, 0.15) is 11.6 Å². The van der Waals surface area contributed by atoms with E-state index in [-0.39, 0.29) is 0 Å². The number of hydrogen-bond donors (Lipinski definition) is 1. The van der Waals surface area contributed by atoms with Crippen LogP contribution in [0.15, 0.2) is 35.2 Å². The molecule has 0 aliphatic heterocycles. The zero-order chi connectivity index (χ0) is 14.4. The SMILES string of the molecule is CNc1cc(COC)nc(CSc2ccccc2C)n1. The van der Waals surface area contributed by atoms with Gasteiger partial charge in [-0.1, -0.05) is 18.2 Å². The van der Waals surface area contributed by atoms with Gasteiger partial charge in [-0.15, -0.1) is 11.8 Å². The minimum Gasteiger partial charge on any atom is -0.378 e. The molecular formula is C15H19N3OS. The van der Waals surface area contributed by atoms with Crippen LogP contribution >= 0.6 is 11.8 Å². The van der Waals surface area contributed by atoms with Crippen molar-refractivity contribution < 1.29 is 4.74 Å². The van der Waals surface area contributed by atoms with E-state index in [0.717, 1.165) is 23.1 Å². The van der Waals surface area contributed by atoms with Crippen LogP contribution in [-0.4, -0.2) is 24.1 Å². The minimum absolute atomic E-state index is 0.499. The number of methoxy groups -OCH3 is 1. The van der Waals surface area contributed by atoms with Crippen LogP contribution in [0.4, 0.5) is 5.82 Å². The summed E-state index contributed by atoms with van der Waals surface area (Å²) in [6.45, 7) is 2.61. The second-order valence-electron chi connectivity index (χ2n) is 4.40. The van der Waals surface area contributed by atoms with Crippen LogP contribution < -0.4 is 5.32 Å². The van der Waals surface area contributed by atoms with Crippen molar-refractivity contribution in [1.29, 1.82) is 0 Å². The molecule has 0 fully saturated rings. The lowest BCUT2D eigenvalue weighted by Gasteiger charge is -2.08. The van der Waals surface area contributed by atoms with E-state index in [1.54, 1.807) is 18.9 Å². The average Bonchev–Trinajstić information content (AvgIpc) is 2.46. The van der Waals surface area contributed by atoms with Crippen molar-refractivity contribution in [2.45, 2.75) is 24.2 Å². The molecule has 1 aromatic carbocycles. The highest BCUT2D eigenvalue weighted by Crippen LogP contribution is 2.25. The molecular weight excluding hydrogens is 270 g/mol. The molecule has 0 aliphatic carbocycles. The minimum atomic E-state index is 0.499. The smallest absolute Gasteiger partial charge is 0.141 e. The molecule has 0 unspecified atom stereocenters. The molecule has 4 nitrogen and oxygen atoms in total. The first-order chi connectivity index (χ1) is 9.72. The first kappa shape index (κ1) is 14.8. The van der Waals surface area contributed by atoms with Gasteiger partial charge in [-0.2, -0.15) is 0 Å². The first-order valence-electron chi connectivity index (χ1n) is 6.45. The quantitative estimate of drug-likeness (QED) is 0.827. The Kier molecular flexibility index (Phi) is 5.38. The zero-order valence-corrected chi connectivity index (χ0v) is 12.8. The Morgan fingerprint density at radius 3 is 2.75 bits per heavy atom. The highest BCUT2D eigenvalue weighted by atomic mass is 32.2. The van der Waals surface area contributed by atoms with E-state index < -0.39 is 0 Å². The van der Waals surface area contributed by atoms with E-state index in [2.05, 4.69) is 40.4 Å². The highest BCUT2D eigenvalue weighted by Gasteiger charge is 2.06. The van der Waals surface area contributed by atoms with Crippen LogP contribution in [0.1, 0.15) is 17.1 Å². The Bertz CT molecular complexity index is 575. The first-order valence-corrected chi connectivity index (χ1v) is 7.43. The maximum atomic E-state index is 5.14.